The number of hydrogen-bond acceptors (Lipinski definition) is 2. The number of carboxylic acids is 1. The fourth-order valence-electron chi connectivity index (χ4n) is 3.68. The molecule has 29 heavy (non-hydrogen) atoms. The Morgan fingerprint density at radius 1 is 0.897 bits per heavy atom. The standard InChI is InChI=1S/C26H34O3/c1-16-11-20(24(29)22(12-16)26(6,7)8)15-19-14-18(9-10-23(27)28)21(13-17(19)2)25(3,4)5/h9-14,29H,15H2,1-8H3,(H,27,28). The van der Waals surface area contributed by atoms with Crippen LogP contribution in [0.1, 0.15) is 80.5 Å². The van der Waals surface area contributed by atoms with E-state index in [1.165, 1.54) is 6.08 Å². The molecule has 0 fully saturated rings. The van der Waals surface area contributed by atoms with Crippen molar-refractivity contribution in [3.05, 3.63) is 69.3 Å². The molecule has 0 amide bonds. The van der Waals surface area contributed by atoms with Crippen molar-refractivity contribution < 1.29 is 15.0 Å². The Balaban J connectivity index is 2.61. The van der Waals surface area contributed by atoms with Gasteiger partial charge >= 0.3 is 5.97 Å². The van der Waals surface area contributed by atoms with Gasteiger partial charge in [0.05, 0.1) is 0 Å². The summed E-state index contributed by atoms with van der Waals surface area (Å²) in [7, 11) is 0. The summed E-state index contributed by atoms with van der Waals surface area (Å²) in [6.45, 7) is 16.8. The number of hydrogen-bond donors (Lipinski definition) is 2. The Kier molecular flexibility index (Phi) is 6.32. The predicted octanol–water partition coefficient (Wildman–Crippen LogP) is 6.29. The van der Waals surface area contributed by atoms with Gasteiger partial charge in [-0.05, 0) is 64.1 Å². The van der Waals surface area contributed by atoms with E-state index in [4.69, 9.17) is 5.11 Å². The van der Waals surface area contributed by atoms with Gasteiger partial charge in [-0.25, -0.2) is 4.79 Å². The van der Waals surface area contributed by atoms with Crippen LogP contribution in [0, 0.1) is 13.8 Å². The third-order valence-corrected chi connectivity index (χ3v) is 5.24. The van der Waals surface area contributed by atoms with E-state index in [2.05, 4.69) is 73.6 Å². The first-order valence-corrected chi connectivity index (χ1v) is 10.1. The third kappa shape index (κ3) is 5.50. The summed E-state index contributed by atoms with van der Waals surface area (Å²) in [6, 6.07) is 8.30. The van der Waals surface area contributed by atoms with Crippen molar-refractivity contribution >= 4 is 12.0 Å². The van der Waals surface area contributed by atoms with Crippen LogP contribution in [-0.4, -0.2) is 16.2 Å². The van der Waals surface area contributed by atoms with Crippen molar-refractivity contribution in [3.8, 4) is 5.75 Å². The predicted molar refractivity (Wildman–Crippen MR) is 121 cm³/mol. The Hall–Kier alpha value is -2.55. The lowest BCUT2D eigenvalue weighted by Gasteiger charge is -2.25. The number of carbonyl (C=O) groups is 1. The minimum absolute atomic E-state index is 0.105. The highest BCUT2D eigenvalue weighted by molar-refractivity contribution is 5.85. The monoisotopic (exact) mass is 394 g/mol. The van der Waals surface area contributed by atoms with Crippen LogP contribution < -0.4 is 0 Å². The van der Waals surface area contributed by atoms with Crippen LogP contribution in [0.3, 0.4) is 0 Å². The zero-order valence-corrected chi connectivity index (χ0v) is 19.0. The normalized spacial score (nSPS) is 12.6. The zero-order chi connectivity index (χ0) is 22.1. The van der Waals surface area contributed by atoms with E-state index in [1.807, 2.05) is 6.07 Å². The van der Waals surface area contributed by atoms with E-state index >= 15 is 0 Å². The van der Waals surface area contributed by atoms with Gasteiger partial charge in [0, 0.05) is 12.5 Å². The second-order valence-corrected chi connectivity index (χ2v) is 10.0. The lowest BCUT2D eigenvalue weighted by molar-refractivity contribution is -0.131. The van der Waals surface area contributed by atoms with Crippen molar-refractivity contribution in [2.45, 2.75) is 72.6 Å². The van der Waals surface area contributed by atoms with Gasteiger partial charge in [-0.1, -0.05) is 71.4 Å². The number of phenols is 1. The van der Waals surface area contributed by atoms with Gasteiger partial charge in [-0.2, -0.15) is 0 Å². The highest BCUT2D eigenvalue weighted by Gasteiger charge is 2.22. The van der Waals surface area contributed by atoms with Crippen molar-refractivity contribution in [1.29, 1.82) is 0 Å². The molecule has 0 aliphatic heterocycles. The minimum atomic E-state index is -0.960. The number of aryl methyl sites for hydroxylation is 2. The van der Waals surface area contributed by atoms with Gasteiger partial charge in [0.1, 0.15) is 5.75 Å². The molecule has 2 aromatic rings. The maximum Gasteiger partial charge on any atom is 0.328 e. The third-order valence-electron chi connectivity index (χ3n) is 5.24. The Morgan fingerprint density at radius 2 is 1.48 bits per heavy atom. The van der Waals surface area contributed by atoms with Crippen LogP contribution >= 0.6 is 0 Å². The molecule has 156 valence electrons. The summed E-state index contributed by atoms with van der Waals surface area (Å²) in [5.41, 5.74) is 6.96. The van der Waals surface area contributed by atoms with Gasteiger partial charge in [0.15, 0.2) is 0 Å². The highest BCUT2D eigenvalue weighted by atomic mass is 16.4. The average molecular weight is 395 g/mol. The van der Waals surface area contributed by atoms with Crippen LogP contribution in [0.15, 0.2) is 30.3 Å². The summed E-state index contributed by atoms with van der Waals surface area (Å²) in [6.07, 6.45) is 3.45. The Morgan fingerprint density at radius 3 is 2.00 bits per heavy atom. The summed E-state index contributed by atoms with van der Waals surface area (Å²) in [5, 5.41) is 20.0. The van der Waals surface area contributed by atoms with Gasteiger partial charge in [-0.3, -0.25) is 0 Å². The number of rotatable bonds is 4. The number of phenolic OH excluding ortho intramolecular Hbond substituents is 1. The molecule has 0 aromatic heterocycles. The number of benzene rings is 2. The summed E-state index contributed by atoms with van der Waals surface area (Å²) >= 11 is 0. The van der Waals surface area contributed by atoms with Crippen molar-refractivity contribution in [3.63, 3.8) is 0 Å². The van der Waals surface area contributed by atoms with Crippen LogP contribution in [-0.2, 0) is 22.0 Å². The van der Waals surface area contributed by atoms with Crippen molar-refractivity contribution in [2.75, 3.05) is 0 Å². The van der Waals surface area contributed by atoms with E-state index < -0.39 is 5.97 Å². The maximum atomic E-state index is 11.1. The lowest BCUT2D eigenvalue weighted by Crippen LogP contribution is -2.15. The van der Waals surface area contributed by atoms with Gasteiger partial charge in [-0.15, -0.1) is 0 Å². The second-order valence-electron chi connectivity index (χ2n) is 10.0. The van der Waals surface area contributed by atoms with Crippen LogP contribution in [0.5, 0.6) is 5.75 Å². The molecule has 0 heterocycles. The molecule has 2 rings (SSSR count). The van der Waals surface area contributed by atoms with Crippen molar-refractivity contribution in [2.24, 2.45) is 0 Å². The number of aromatic hydroxyl groups is 1. The molecule has 0 unspecified atom stereocenters. The quantitative estimate of drug-likeness (QED) is 0.599. The van der Waals surface area contributed by atoms with E-state index in [-0.39, 0.29) is 10.8 Å². The summed E-state index contributed by atoms with van der Waals surface area (Å²) in [4.78, 5) is 11.1. The minimum Gasteiger partial charge on any atom is -0.507 e. The van der Waals surface area contributed by atoms with Crippen LogP contribution in [0.25, 0.3) is 6.08 Å². The highest BCUT2D eigenvalue weighted by Crippen LogP contribution is 2.36. The first-order valence-electron chi connectivity index (χ1n) is 10.1. The van der Waals surface area contributed by atoms with Gasteiger partial charge < -0.3 is 10.2 Å². The SMILES string of the molecule is Cc1cc(Cc2cc(C=CC(=O)O)c(C(C)(C)C)cc2C)c(O)c(C(C)(C)C)c1. The number of aliphatic carboxylic acids is 1. The van der Waals surface area contributed by atoms with E-state index in [0.29, 0.717) is 12.2 Å². The van der Waals surface area contributed by atoms with E-state index in [0.717, 1.165) is 38.9 Å². The second kappa shape index (κ2) is 8.06. The van der Waals surface area contributed by atoms with Gasteiger partial charge in [0.2, 0.25) is 0 Å². The van der Waals surface area contributed by atoms with Crippen LogP contribution in [0.4, 0.5) is 0 Å². The fraction of sp³-hybridized carbons (Fsp3) is 0.423. The largest absolute Gasteiger partial charge is 0.507 e. The molecule has 2 aromatic carbocycles. The molecule has 2 N–H and O–H groups in total. The molecular weight excluding hydrogens is 360 g/mol. The van der Waals surface area contributed by atoms with E-state index in [9.17, 15) is 9.90 Å². The molecule has 0 bridgehead atoms. The molecule has 3 heteroatoms. The van der Waals surface area contributed by atoms with E-state index in [1.54, 1.807) is 6.08 Å². The Labute approximate surface area is 175 Å². The molecule has 0 saturated carbocycles. The molecular formula is C26H34O3. The summed E-state index contributed by atoms with van der Waals surface area (Å²) < 4.78 is 0. The zero-order valence-electron chi connectivity index (χ0n) is 19.0. The average Bonchev–Trinajstić information content (AvgIpc) is 2.55. The Bertz CT molecular complexity index is 951. The van der Waals surface area contributed by atoms with Gasteiger partial charge in [0.25, 0.3) is 0 Å². The van der Waals surface area contributed by atoms with Crippen LogP contribution in [0.2, 0.25) is 0 Å². The first kappa shape index (κ1) is 22.7. The number of carboxylic acid groups (broad SMARTS) is 1. The fourth-order valence-corrected chi connectivity index (χ4v) is 3.68. The first-order chi connectivity index (χ1) is 13.2. The molecule has 0 radical (unpaired) electrons. The molecule has 0 aliphatic carbocycles. The molecule has 3 nitrogen and oxygen atoms in total. The topological polar surface area (TPSA) is 57.5 Å². The molecule has 0 spiro atoms. The maximum absolute atomic E-state index is 11.1. The molecule has 0 aliphatic rings. The molecule has 0 atom stereocenters. The smallest absolute Gasteiger partial charge is 0.328 e. The molecule has 0 saturated heterocycles. The summed E-state index contributed by atoms with van der Waals surface area (Å²) in [5.74, 6) is -0.608. The van der Waals surface area contributed by atoms with Crippen molar-refractivity contribution in [1.82, 2.24) is 0 Å². The lowest BCUT2D eigenvalue weighted by atomic mass is 9.80.